The summed E-state index contributed by atoms with van der Waals surface area (Å²) in [5, 5.41) is 4.82. The molecule has 0 aliphatic heterocycles. The summed E-state index contributed by atoms with van der Waals surface area (Å²) in [4.78, 5) is 0. The average Bonchev–Trinajstić information content (AvgIpc) is 2.64. The van der Waals surface area contributed by atoms with E-state index in [9.17, 15) is 0 Å². The molecule has 1 aromatic carbocycles. The number of aryl methyl sites for hydroxylation is 3. The van der Waals surface area contributed by atoms with E-state index in [1.54, 1.807) is 0 Å². The fourth-order valence-electron chi connectivity index (χ4n) is 3.10. The maximum atomic E-state index is 4.82. The Labute approximate surface area is 149 Å². The molecule has 0 atom stereocenters. The van der Waals surface area contributed by atoms with Crippen LogP contribution in [0.3, 0.4) is 0 Å². The molecule has 0 bridgehead atoms. The van der Waals surface area contributed by atoms with Crippen molar-refractivity contribution in [1.29, 1.82) is 0 Å². The van der Waals surface area contributed by atoms with Gasteiger partial charge in [0.25, 0.3) is 0 Å². The van der Waals surface area contributed by atoms with Crippen molar-refractivity contribution in [3.05, 3.63) is 40.7 Å². The first-order chi connectivity index (χ1) is 9.79. The summed E-state index contributed by atoms with van der Waals surface area (Å²) >= 11 is 0. The third kappa shape index (κ3) is 4.09. The van der Waals surface area contributed by atoms with Gasteiger partial charge in [-0.15, -0.1) is 0 Å². The van der Waals surface area contributed by atoms with Crippen LogP contribution in [0.4, 0.5) is 0 Å². The monoisotopic (exact) mass is 390 g/mol. The third-order valence-corrected chi connectivity index (χ3v) is 3.79. The topological polar surface area (TPSA) is 17.8 Å². The normalized spacial score (nSPS) is 11.1. The smallest absolute Gasteiger partial charge is 0.0675 e. The first kappa shape index (κ1) is 19.1. The van der Waals surface area contributed by atoms with Gasteiger partial charge in [0.2, 0.25) is 0 Å². The van der Waals surface area contributed by atoms with Gasteiger partial charge in [-0.1, -0.05) is 43.2 Å². The van der Waals surface area contributed by atoms with Gasteiger partial charge in [0.05, 0.1) is 5.69 Å². The molecule has 2 aromatic rings. The molecule has 0 unspecified atom stereocenters. The van der Waals surface area contributed by atoms with Crippen molar-refractivity contribution >= 4 is 0 Å². The summed E-state index contributed by atoms with van der Waals surface area (Å²) in [5.74, 6) is 0.628. The van der Waals surface area contributed by atoms with E-state index in [1.165, 1.54) is 27.9 Å². The van der Waals surface area contributed by atoms with E-state index < -0.39 is 0 Å². The van der Waals surface area contributed by atoms with Crippen LogP contribution >= 0.6 is 0 Å². The van der Waals surface area contributed by atoms with Gasteiger partial charge < -0.3 is 0 Å². The van der Waals surface area contributed by atoms with Crippen molar-refractivity contribution in [2.75, 3.05) is 0 Å². The molecule has 0 saturated heterocycles. The van der Waals surface area contributed by atoms with Crippen LogP contribution in [-0.2, 0) is 26.8 Å². The van der Waals surface area contributed by atoms with Gasteiger partial charge in [-0.05, 0) is 52.5 Å². The summed E-state index contributed by atoms with van der Waals surface area (Å²) < 4.78 is 2.21. The Kier molecular flexibility index (Phi) is 6.59. The maximum absolute atomic E-state index is 4.82. The minimum Gasteiger partial charge on any atom is -0.266 e. The van der Waals surface area contributed by atoms with Gasteiger partial charge in [0.15, 0.2) is 0 Å². The van der Waals surface area contributed by atoms with E-state index in [2.05, 4.69) is 71.3 Å². The van der Waals surface area contributed by atoms with Crippen LogP contribution in [0.15, 0.2) is 18.2 Å². The molecule has 0 aliphatic carbocycles. The molecule has 0 amide bonds. The van der Waals surface area contributed by atoms with E-state index in [4.69, 9.17) is 5.10 Å². The minimum absolute atomic E-state index is 0. The number of benzene rings is 1. The van der Waals surface area contributed by atoms with E-state index in [1.807, 2.05) is 0 Å². The molecule has 1 heterocycles. The molecule has 3 heteroatoms. The van der Waals surface area contributed by atoms with Gasteiger partial charge in [0, 0.05) is 37.7 Å². The van der Waals surface area contributed by atoms with Crippen LogP contribution in [0.25, 0.3) is 11.1 Å². The Morgan fingerprint density at radius 2 is 1.50 bits per heavy atom. The molecule has 2 nitrogen and oxygen atoms in total. The molecule has 0 aliphatic rings. The molecule has 1 aromatic heterocycles. The molecular weight excluding hydrogens is 363 g/mol. The van der Waals surface area contributed by atoms with Crippen molar-refractivity contribution in [3.8, 4) is 11.1 Å². The van der Waals surface area contributed by atoms with Crippen molar-refractivity contribution in [2.24, 2.45) is 5.92 Å². The van der Waals surface area contributed by atoms with Gasteiger partial charge in [0.1, 0.15) is 0 Å². The van der Waals surface area contributed by atoms with Crippen LogP contribution in [-0.4, -0.2) is 9.78 Å². The molecule has 0 fully saturated rings. The fraction of sp³-hybridized carbons (Fsp3) is 0.526. The predicted octanol–water partition coefficient (Wildman–Crippen LogP) is 5.25. The molecule has 0 saturated carbocycles. The second-order valence-electron chi connectivity index (χ2n) is 6.92. The average molecular weight is 391 g/mol. The SMILES string of the molecule is Cc1cc(C)cc(-c2c(C)nn(C(C)C)c2CC(C)C)c1.[Pd]. The van der Waals surface area contributed by atoms with Crippen molar-refractivity contribution < 1.29 is 20.4 Å². The first-order valence-corrected chi connectivity index (χ1v) is 7.96. The van der Waals surface area contributed by atoms with E-state index in [0.717, 1.165) is 12.1 Å². The largest absolute Gasteiger partial charge is 0.266 e. The van der Waals surface area contributed by atoms with Crippen LogP contribution < -0.4 is 0 Å². The molecule has 0 N–H and O–H groups in total. The predicted molar refractivity (Wildman–Crippen MR) is 90.8 cm³/mol. The number of aromatic nitrogens is 2. The summed E-state index contributed by atoms with van der Waals surface area (Å²) in [6, 6.07) is 7.20. The molecule has 0 radical (unpaired) electrons. The first-order valence-electron chi connectivity index (χ1n) is 7.96. The van der Waals surface area contributed by atoms with Crippen LogP contribution in [0.1, 0.15) is 56.3 Å². The summed E-state index contributed by atoms with van der Waals surface area (Å²) in [5.41, 5.74) is 7.80. The Hall–Kier alpha value is -0.908. The van der Waals surface area contributed by atoms with Crippen molar-refractivity contribution in [3.63, 3.8) is 0 Å². The van der Waals surface area contributed by atoms with E-state index >= 15 is 0 Å². The van der Waals surface area contributed by atoms with Crippen molar-refractivity contribution in [2.45, 2.75) is 60.9 Å². The van der Waals surface area contributed by atoms with Gasteiger partial charge >= 0.3 is 0 Å². The number of hydrogen-bond donors (Lipinski definition) is 0. The summed E-state index contributed by atoms with van der Waals surface area (Å²) in [6.45, 7) is 15.4. The Morgan fingerprint density at radius 3 is 1.95 bits per heavy atom. The quantitative estimate of drug-likeness (QED) is 0.652. The second-order valence-corrected chi connectivity index (χ2v) is 6.92. The molecule has 22 heavy (non-hydrogen) atoms. The number of hydrogen-bond acceptors (Lipinski definition) is 1. The molecular formula is C19H28N2Pd. The van der Waals surface area contributed by atoms with Gasteiger partial charge in [-0.3, -0.25) is 4.68 Å². The number of nitrogens with zero attached hydrogens (tertiary/aromatic N) is 2. The summed E-state index contributed by atoms with van der Waals surface area (Å²) in [7, 11) is 0. The Morgan fingerprint density at radius 1 is 0.955 bits per heavy atom. The molecule has 124 valence electrons. The molecule has 2 rings (SSSR count). The van der Waals surface area contributed by atoms with E-state index in [-0.39, 0.29) is 20.4 Å². The Bertz CT molecular complexity index is 619. The van der Waals surface area contributed by atoms with Crippen molar-refractivity contribution in [1.82, 2.24) is 9.78 Å². The maximum Gasteiger partial charge on any atom is 0.0675 e. The van der Waals surface area contributed by atoms with Gasteiger partial charge in [-0.25, -0.2) is 0 Å². The molecule has 0 spiro atoms. The van der Waals surface area contributed by atoms with Crippen LogP contribution in [0.2, 0.25) is 0 Å². The third-order valence-electron chi connectivity index (χ3n) is 3.79. The van der Waals surface area contributed by atoms with Gasteiger partial charge in [-0.2, -0.15) is 5.10 Å². The Balaban J connectivity index is 0.00000242. The fourth-order valence-corrected chi connectivity index (χ4v) is 3.10. The zero-order chi connectivity index (χ0) is 15.7. The standard InChI is InChI=1S/C19H28N2.Pd/c1-12(2)8-18-19(16(7)20-21(18)13(3)4)17-10-14(5)9-15(6)11-17;/h9-13H,8H2,1-7H3;. The minimum atomic E-state index is 0. The van der Waals surface area contributed by atoms with Crippen LogP contribution in [0, 0.1) is 26.7 Å². The van der Waals surface area contributed by atoms with E-state index in [0.29, 0.717) is 12.0 Å². The second kappa shape index (κ2) is 7.58. The number of rotatable bonds is 4. The zero-order valence-electron chi connectivity index (χ0n) is 14.8. The summed E-state index contributed by atoms with van der Waals surface area (Å²) in [6.07, 6.45) is 1.07. The zero-order valence-corrected chi connectivity index (χ0v) is 16.4. The van der Waals surface area contributed by atoms with Crippen LogP contribution in [0.5, 0.6) is 0 Å².